The van der Waals surface area contributed by atoms with E-state index in [-0.39, 0.29) is 12.4 Å². The van der Waals surface area contributed by atoms with E-state index in [9.17, 15) is 23.2 Å². The van der Waals surface area contributed by atoms with Crippen LogP contribution in [0, 0.1) is 0 Å². The molecule has 0 spiro atoms. The number of fused-ring (bicyclic) bond motifs is 1. The van der Waals surface area contributed by atoms with Crippen molar-refractivity contribution in [3.05, 3.63) is 29.3 Å². The Morgan fingerprint density at radius 1 is 1.33 bits per heavy atom. The number of halogens is 2. The van der Waals surface area contributed by atoms with Gasteiger partial charge in [-0.15, -0.1) is 0 Å². The van der Waals surface area contributed by atoms with Crippen LogP contribution in [0.1, 0.15) is 43.1 Å². The van der Waals surface area contributed by atoms with Crippen LogP contribution in [-0.4, -0.2) is 37.2 Å². The molecule has 0 aliphatic carbocycles. The molecule has 5 nitrogen and oxygen atoms in total. The van der Waals surface area contributed by atoms with E-state index >= 15 is 0 Å². The molecule has 0 radical (unpaired) electrons. The number of hydrogen-bond donors (Lipinski definition) is 0. The lowest BCUT2D eigenvalue weighted by molar-refractivity contribution is -0.174. The molecular formula is C17H19F2NO4. The Hall–Kier alpha value is -2.31. The predicted molar refractivity (Wildman–Crippen MR) is 83.4 cm³/mol. The first-order valence-corrected chi connectivity index (χ1v) is 7.53. The Labute approximate surface area is 138 Å². The third-order valence-electron chi connectivity index (χ3n) is 4.29. The molecule has 1 aliphatic heterocycles. The molecule has 1 atom stereocenters. The maximum Gasteiger partial charge on any atom is 0.377 e. The number of nitrogens with zero attached hydrogens (tertiary/aromatic N) is 1. The van der Waals surface area contributed by atoms with Crippen LogP contribution in [0.2, 0.25) is 0 Å². The van der Waals surface area contributed by atoms with E-state index in [1.54, 1.807) is 12.1 Å². The van der Waals surface area contributed by atoms with Crippen molar-refractivity contribution < 1.29 is 27.9 Å². The summed E-state index contributed by atoms with van der Waals surface area (Å²) in [6, 6.07) is 4.54. The van der Waals surface area contributed by atoms with E-state index in [0.717, 1.165) is 0 Å². The fourth-order valence-electron chi connectivity index (χ4n) is 3.01. The molecule has 7 heteroatoms. The molecule has 2 rings (SSSR count). The lowest BCUT2D eigenvalue weighted by Gasteiger charge is -2.27. The molecule has 1 aromatic carbocycles. The zero-order chi connectivity index (χ0) is 18.3. The fraction of sp³-hybridized carbons (Fsp3) is 0.471. The SMILES string of the molecule is CCOC(=O)C(F)(F)CC1(C)C(=O)N(C)c2ccc(C(C)=O)cc21. The van der Waals surface area contributed by atoms with Crippen LogP contribution in [0.15, 0.2) is 18.2 Å². The number of anilines is 1. The van der Waals surface area contributed by atoms with Crippen LogP contribution in [0.25, 0.3) is 0 Å². The van der Waals surface area contributed by atoms with Gasteiger partial charge in [0.15, 0.2) is 5.78 Å². The Bertz CT molecular complexity index is 717. The Morgan fingerprint density at radius 3 is 2.50 bits per heavy atom. The van der Waals surface area contributed by atoms with Crippen LogP contribution < -0.4 is 4.90 Å². The van der Waals surface area contributed by atoms with Gasteiger partial charge in [-0.1, -0.05) is 0 Å². The summed E-state index contributed by atoms with van der Waals surface area (Å²) in [6.45, 7) is 3.96. The van der Waals surface area contributed by atoms with E-state index in [0.29, 0.717) is 16.8 Å². The molecule has 1 unspecified atom stereocenters. The van der Waals surface area contributed by atoms with Gasteiger partial charge < -0.3 is 9.64 Å². The normalized spacial score (nSPS) is 20.1. The number of esters is 1. The topological polar surface area (TPSA) is 63.7 Å². The molecule has 0 saturated carbocycles. The first-order chi connectivity index (χ1) is 11.0. The molecule has 24 heavy (non-hydrogen) atoms. The average Bonchev–Trinajstić information content (AvgIpc) is 2.68. The number of carbonyl (C=O) groups is 3. The summed E-state index contributed by atoms with van der Waals surface area (Å²) >= 11 is 0. The van der Waals surface area contributed by atoms with E-state index in [4.69, 9.17) is 0 Å². The second kappa shape index (κ2) is 5.96. The van der Waals surface area contributed by atoms with Gasteiger partial charge in [0.25, 0.3) is 0 Å². The van der Waals surface area contributed by atoms with Crippen molar-refractivity contribution in [2.75, 3.05) is 18.6 Å². The smallest absolute Gasteiger partial charge is 0.377 e. The molecule has 0 saturated heterocycles. The zero-order valence-corrected chi connectivity index (χ0v) is 14.0. The first kappa shape index (κ1) is 18.0. The predicted octanol–water partition coefficient (Wildman–Crippen LogP) is 2.71. The number of ketones is 1. The average molecular weight is 339 g/mol. The van der Waals surface area contributed by atoms with Crippen LogP contribution in [-0.2, 0) is 19.7 Å². The van der Waals surface area contributed by atoms with Crippen molar-refractivity contribution in [1.82, 2.24) is 0 Å². The lowest BCUT2D eigenvalue weighted by Crippen LogP contribution is -2.44. The number of hydrogen-bond acceptors (Lipinski definition) is 4. The first-order valence-electron chi connectivity index (χ1n) is 7.53. The van der Waals surface area contributed by atoms with Gasteiger partial charge in [0.05, 0.1) is 12.0 Å². The molecule has 0 bridgehead atoms. The molecule has 1 aromatic rings. The van der Waals surface area contributed by atoms with Gasteiger partial charge >= 0.3 is 11.9 Å². The number of likely N-dealkylation sites (N-methyl/N-ethyl adjacent to an activating group) is 1. The molecule has 1 aliphatic rings. The molecular weight excluding hydrogens is 320 g/mol. The number of alkyl halides is 2. The van der Waals surface area contributed by atoms with Crippen molar-refractivity contribution in [2.45, 2.75) is 38.5 Å². The number of benzene rings is 1. The lowest BCUT2D eigenvalue weighted by atomic mass is 9.78. The summed E-state index contributed by atoms with van der Waals surface area (Å²) in [7, 11) is 1.47. The number of Topliss-reactive ketones (excluding diaryl/α,β-unsaturated/α-hetero) is 1. The largest absolute Gasteiger partial charge is 0.462 e. The standard InChI is InChI=1S/C17H19F2NO4/c1-5-24-15(23)17(18,19)9-16(3)12-8-11(10(2)21)6-7-13(12)20(4)14(16)22/h6-8H,5,9H2,1-4H3. The highest BCUT2D eigenvalue weighted by Gasteiger charge is 2.55. The minimum atomic E-state index is -3.81. The van der Waals surface area contributed by atoms with Gasteiger partial charge in [-0.05, 0) is 44.5 Å². The third-order valence-corrected chi connectivity index (χ3v) is 4.29. The van der Waals surface area contributed by atoms with Crippen molar-refractivity contribution >= 4 is 23.3 Å². The zero-order valence-electron chi connectivity index (χ0n) is 14.0. The summed E-state index contributed by atoms with van der Waals surface area (Å²) < 4.78 is 32.9. The molecule has 0 N–H and O–H groups in total. The second-order valence-electron chi connectivity index (χ2n) is 6.09. The highest BCUT2D eigenvalue weighted by molar-refractivity contribution is 6.09. The Balaban J connectivity index is 2.50. The van der Waals surface area contributed by atoms with Gasteiger partial charge in [-0.25, -0.2) is 4.79 Å². The molecule has 1 amide bonds. The van der Waals surface area contributed by atoms with Gasteiger partial charge in [-0.3, -0.25) is 9.59 Å². The van der Waals surface area contributed by atoms with Crippen molar-refractivity contribution in [1.29, 1.82) is 0 Å². The summed E-state index contributed by atoms with van der Waals surface area (Å²) in [5.41, 5.74) is -0.535. The highest BCUT2D eigenvalue weighted by Crippen LogP contribution is 2.47. The Kier molecular flexibility index (Phi) is 4.48. The van der Waals surface area contributed by atoms with E-state index in [1.807, 2.05) is 0 Å². The van der Waals surface area contributed by atoms with E-state index in [1.165, 1.54) is 38.8 Å². The summed E-state index contributed by atoms with van der Waals surface area (Å²) in [5, 5.41) is 0. The molecule has 0 aromatic heterocycles. The monoisotopic (exact) mass is 339 g/mol. The summed E-state index contributed by atoms with van der Waals surface area (Å²) in [4.78, 5) is 36.9. The van der Waals surface area contributed by atoms with Gasteiger partial charge in [0.1, 0.15) is 0 Å². The molecule has 0 fully saturated rings. The summed E-state index contributed by atoms with van der Waals surface area (Å²) in [6.07, 6.45) is -1.02. The third kappa shape index (κ3) is 2.79. The van der Waals surface area contributed by atoms with Crippen LogP contribution in [0.4, 0.5) is 14.5 Å². The molecule has 1 heterocycles. The van der Waals surface area contributed by atoms with Gasteiger partial charge in [0, 0.05) is 24.7 Å². The highest BCUT2D eigenvalue weighted by atomic mass is 19.3. The fourth-order valence-corrected chi connectivity index (χ4v) is 3.01. The van der Waals surface area contributed by atoms with Crippen LogP contribution >= 0.6 is 0 Å². The van der Waals surface area contributed by atoms with Gasteiger partial charge in [-0.2, -0.15) is 8.78 Å². The maximum atomic E-state index is 14.2. The number of ether oxygens (including phenoxy) is 1. The van der Waals surface area contributed by atoms with Crippen LogP contribution in [0.3, 0.4) is 0 Å². The van der Waals surface area contributed by atoms with Crippen molar-refractivity contribution in [3.8, 4) is 0 Å². The second-order valence-corrected chi connectivity index (χ2v) is 6.09. The number of amides is 1. The number of rotatable bonds is 5. The number of carbonyl (C=O) groups excluding carboxylic acids is 3. The van der Waals surface area contributed by atoms with Crippen molar-refractivity contribution in [2.24, 2.45) is 0 Å². The maximum absolute atomic E-state index is 14.2. The van der Waals surface area contributed by atoms with Gasteiger partial charge in [0.2, 0.25) is 5.91 Å². The van der Waals surface area contributed by atoms with Crippen LogP contribution in [0.5, 0.6) is 0 Å². The quantitative estimate of drug-likeness (QED) is 0.611. The Morgan fingerprint density at radius 2 is 1.96 bits per heavy atom. The minimum absolute atomic E-state index is 0.177. The van der Waals surface area contributed by atoms with E-state index < -0.39 is 29.6 Å². The van der Waals surface area contributed by atoms with Crippen molar-refractivity contribution in [3.63, 3.8) is 0 Å². The summed E-state index contributed by atoms with van der Waals surface area (Å²) in [5.74, 6) is -6.26. The minimum Gasteiger partial charge on any atom is -0.462 e. The van der Waals surface area contributed by atoms with E-state index in [2.05, 4.69) is 4.74 Å². The molecule has 130 valence electrons.